The van der Waals surface area contributed by atoms with Gasteiger partial charge in [0.15, 0.2) is 0 Å². The van der Waals surface area contributed by atoms with Crippen LogP contribution in [-0.2, 0) is 11.3 Å². The highest BCUT2D eigenvalue weighted by Crippen LogP contribution is 2.14. The first-order chi connectivity index (χ1) is 11.1. The molecule has 0 aromatic heterocycles. The predicted octanol–water partition coefficient (Wildman–Crippen LogP) is 1.52. The van der Waals surface area contributed by atoms with E-state index in [0.717, 1.165) is 11.3 Å². The quantitative estimate of drug-likeness (QED) is 0.722. The van der Waals surface area contributed by atoms with Crippen LogP contribution in [0.1, 0.15) is 15.9 Å². The number of benzene rings is 2. The van der Waals surface area contributed by atoms with Crippen LogP contribution >= 0.6 is 0 Å². The van der Waals surface area contributed by atoms with E-state index in [1.807, 2.05) is 24.3 Å². The number of nitrogens with two attached hydrogens (primary N) is 1. The standard InChI is InChI=1S/C17H19N3O3/c1-23-13-6-4-5-12(9-13)10-20-16(21)11-19-15-8-3-2-7-14(15)17(18)22/h2-9,19H,10-11H2,1H3,(H2,18,22)(H,20,21). The van der Waals surface area contributed by atoms with Crippen LogP contribution in [0.5, 0.6) is 5.75 Å². The summed E-state index contributed by atoms with van der Waals surface area (Å²) in [7, 11) is 1.60. The molecule has 0 bridgehead atoms. The van der Waals surface area contributed by atoms with Crippen molar-refractivity contribution in [3.63, 3.8) is 0 Å². The minimum Gasteiger partial charge on any atom is -0.497 e. The van der Waals surface area contributed by atoms with Crippen molar-refractivity contribution in [3.05, 3.63) is 59.7 Å². The summed E-state index contributed by atoms with van der Waals surface area (Å²) in [5, 5.41) is 5.71. The lowest BCUT2D eigenvalue weighted by Crippen LogP contribution is -2.30. The predicted molar refractivity (Wildman–Crippen MR) is 88.3 cm³/mol. The van der Waals surface area contributed by atoms with Gasteiger partial charge < -0.3 is 21.1 Å². The Morgan fingerprint density at radius 3 is 2.65 bits per heavy atom. The summed E-state index contributed by atoms with van der Waals surface area (Å²) in [5.41, 5.74) is 7.12. The molecule has 23 heavy (non-hydrogen) atoms. The molecule has 0 radical (unpaired) electrons. The van der Waals surface area contributed by atoms with Gasteiger partial charge in [0.2, 0.25) is 5.91 Å². The van der Waals surface area contributed by atoms with E-state index < -0.39 is 5.91 Å². The van der Waals surface area contributed by atoms with Crippen LogP contribution in [0, 0.1) is 0 Å². The number of rotatable bonds is 7. The number of hydrogen-bond donors (Lipinski definition) is 3. The normalized spacial score (nSPS) is 9.96. The zero-order valence-electron chi connectivity index (χ0n) is 12.8. The second-order valence-electron chi connectivity index (χ2n) is 4.89. The van der Waals surface area contributed by atoms with Crippen LogP contribution in [0.15, 0.2) is 48.5 Å². The van der Waals surface area contributed by atoms with Gasteiger partial charge in [0.1, 0.15) is 5.75 Å². The van der Waals surface area contributed by atoms with E-state index in [-0.39, 0.29) is 12.5 Å². The van der Waals surface area contributed by atoms with E-state index in [4.69, 9.17) is 10.5 Å². The molecule has 0 unspecified atom stereocenters. The Hall–Kier alpha value is -3.02. The molecule has 0 saturated heterocycles. The molecule has 2 amide bonds. The van der Waals surface area contributed by atoms with Gasteiger partial charge in [0, 0.05) is 12.2 Å². The lowest BCUT2D eigenvalue weighted by Gasteiger charge is -2.10. The number of para-hydroxylation sites is 1. The number of ether oxygens (including phenoxy) is 1. The van der Waals surface area contributed by atoms with Gasteiger partial charge in [-0.25, -0.2) is 0 Å². The molecule has 0 fully saturated rings. The number of amides is 2. The Morgan fingerprint density at radius 1 is 1.13 bits per heavy atom. The summed E-state index contributed by atoms with van der Waals surface area (Å²) < 4.78 is 5.13. The molecule has 0 heterocycles. The number of carbonyl (C=O) groups excluding carboxylic acids is 2. The summed E-state index contributed by atoms with van der Waals surface area (Å²) in [6.45, 7) is 0.448. The Kier molecular flexibility index (Phi) is 5.57. The molecule has 0 spiro atoms. The van der Waals surface area contributed by atoms with Crippen molar-refractivity contribution >= 4 is 17.5 Å². The maximum absolute atomic E-state index is 11.9. The summed E-state index contributed by atoms with van der Waals surface area (Å²) >= 11 is 0. The van der Waals surface area contributed by atoms with Crippen molar-refractivity contribution in [3.8, 4) is 5.75 Å². The fraction of sp³-hybridized carbons (Fsp3) is 0.176. The van der Waals surface area contributed by atoms with Crippen LogP contribution in [0.25, 0.3) is 0 Å². The largest absolute Gasteiger partial charge is 0.497 e. The highest BCUT2D eigenvalue weighted by atomic mass is 16.5. The van der Waals surface area contributed by atoms with E-state index in [9.17, 15) is 9.59 Å². The number of methoxy groups -OCH3 is 1. The first-order valence-electron chi connectivity index (χ1n) is 7.12. The minimum absolute atomic E-state index is 0.0499. The van der Waals surface area contributed by atoms with Crippen molar-refractivity contribution in [2.45, 2.75) is 6.54 Å². The zero-order valence-corrected chi connectivity index (χ0v) is 12.8. The monoisotopic (exact) mass is 313 g/mol. The van der Waals surface area contributed by atoms with E-state index in [1.54, 1.807) is 31.4 Å². The van der Waals surface area contributed by atoms with Gasteiger partial charge in [-0.3, -0.25) is 9.59 Å². The van der Waals surface area contributed by atoms with Gasteiger partial charge in [-0.05, 0) is 29.8 Å². The average Bonchev–Trinajstić information content (AvgIpc) is 2.58. The molecule has 0 atom stereocenters. The second kappa shape index (κ2) is 7.84. The SMILES string of the molecule is COc1cccc(CNC(=O)CNc2ccccc2C(N)=O)c1. The Balaban J connectivity index is 1.87. The third kappa shape index (κ3) is 4.74. The zero-order chi connectivity index (χ0) is 16.7. The number of anilines is 1. The van der Waals surface area contributed by atoms with Crippen LogP contribution in [0.4, 0.5) is 5.69 Å². The maximum atomic E-state index is 11.9. The maximum Gasteiger partial charge on any atom is 0.250 e. The molecule has 2 rings (SSSR count). The number of carbonyl (C=O) groups is 2. The van der Waals surface area contributed by atoms with Gasteiger partial charge in [-0.1, -0.05) is 24.3 Å². The summed E-state index contributed by atoms with van der Waals surface area (Å²) in [6.07, 6.45) is 0. The van der Waals surface area contributed by atoms with Gasteiger partial charge in [-0.15, -0.1) is 0 Å². The van der Waals surface area contributed by atoms with Crippen molar-refractivity contribution in [1.29, 1.82) is 0 Å². The second-order valence-corrected chi connectivity index (χ2v) is 4.89. The van der Waals surface area contributed by atoms with Crippen molar-refractivity contribution in [2.75, 3.05) is 19.0 Å². The summed E-state index contributed by atoms with van der Waals surface area (Å²) in [6, 6.07) is 14.3. The molecule has 0 saturated carbocycles. The number of nitrogens with one attached hydrogen (secondary N) is 2. The summed E-state index contributed by atoms with van der Waals surface area (Å²) in [4.78, 5) is 23.2. The molecule has 2 aromatic rings. The van der Waals surface area contributed by atoms with Gasteiger partial charge in [0.05, 0.1) is 19.2 Å². The van der Waals surface area contributed by atoms with E-state index in [1.165, 1.54) is 0 Å². The van der Waals surface area contributed by atoms with Crippen LogP contribution in [0.2, 0.25) is 0 Å². The lowest BCUT2D eigenvalue weighted by molar-refractivity contribution is -0.119. The molecule has 6 heteroatoms. The minimum atomic E-state index is -0.537. The fourth-order valence-electron chi connectivity index (χ4n) is 2.07. The van der Waals surface area contributed by atoms with E-state index in [0.29, 0.717) is 17.8 Å². The molecule has 6 nitrogen and oxygen atoms in total. The van der Waals surface area contributed by atoms with Crippen molar-refractivity contribution in [1.82, 2.24) is 5.32 Å². The molecular formula is C17H19N3O3. The first-order valence-corrected chi connectivity index (χ1v) is 7.12. The van der Waals surface area contributed by atoms with Crippen LogP contribution < -0.4 is 21.1 Å². The van der Waals surface area contributed by atoms with Crippen molar-refractivity contribution < 1.29 is 14.3 Å². The molecule has 120 valence electrons. The Morgan fingerprint density at radius 2 is 1.91 bits per heavy atom. The van der Waals surface area contributed by atoms with Gasteiger partial charge in [-0.2, -0.15) is 0 Å². The van der Waals surface area contributed by atoms with Crippen LogP contribution in [0.3, 0.4) is 0 Å². The van der Waals surface area contributed by atoms with E-state index in [2.05, 4.69) is 10.6 Å². The molecule has 0 aliphatic carbocycles. The molecule has 2 aromatic carbocycles. The highest BCUT2D eigenvalue weighted by Gasteiger charge is 2.08. The van der Waals surface area contributed by atoms with Crippen molar-refractivity contribution in [2.24, 2.45) is 5.73 Å². The van der Waals surface area contributed by atoms with Gasteiger partial charge in [0.25, 0.3) is 5.91 Å². The summed E-state index contributed by atoms with van der Waals surface area (Å²) in [5.74, 6) is 0.0160. The third-order valence-electron chi connectivity index (χ3n) is 3.26. The number of hydrogen-bond acceptors (Lipinski definition) is 4. The lowest BCUT2D eigenvalue weighted by atomic mass is 10.1. The molecular weight excluding hydrogens is 294 g/mol. The Bertz CT molecular complexity index is 701. The molecule has 0 aliphatic heterocycles. The third-order valence-corrected chi connectivity index (χ3v) is 3.26. The highest BCUT2D eigenvalue weighted by molar-refractivity contribution is 5.98. The average molecular weight is 313 g/mol. The topological polar surface area (TPSA) is 93.4 Å². The first kappa shape index (κ1) is 16.4. The Labute approximate surface area is 134 Å². The molecule has 4 N–H and O–H groups in total. The van der Waals surface area contributed by atoms with E-state index >= 15 is 0 Å². The fourth-order valence-corrected chi connectivity index (χ4v) is 2.07. The molecule has 0 aliphatic rings. The number of primary amides is 1. The smallest absolute Gasteiger partial charge is 0.250 e. The van der Waals surface area contributed by atoms with Crippen LogP contribution in [-0.4, -0.2) is 25.5 Å². The van der Waals surface area contributed by atoms with Gasteiger partial charge >= 0.3 is 0 Å².